The standard InChI is InChI=1S/C72H131N2O7P/c1-7-10-13-16-19-22-25-28-30-32-34-35-36-37-38-39-41-43-45-47-50-53-56-59-62-65-72(76)81-70(63-60-57-54-51-48-27-24-21-18-15-12-9-3)69(68-80-82(77,78)79-67-66-74(4,5)6)73-71(75)64-61-58-55-52-49-46-44-42-40-33-31-29-26-23-20-17-14-11-8-2/h19-20,22-23,28-31,34-35,37-38,60,63,69-70H,7-18,21,24-27,32-33,36,39-59,61-62,64-68H2,1-6H3,(H-,73,75,77,78)/b22-19-,23-20-,30-28-,31-29-,35-34-,38-37-,63-60-. The summed E-state index contributed by atoms with van der Waals surface area (Å²) in [5.41, 5.74) is 0. The zero-order valence-electron chi connectivity index (χ0n) is 54.4. The number of nitrogens with zero attached hydrogens (tertiary/aromatic N) is 1. The Balaban J connectivity index is 5.13. The van der Waals surface area contributed by atoms with Gasteiger partial charge >= 0.3 is 5.97 Å². The number of rotatable bonds is 62. The summed E-state index contributed by atoms with van der Waals surface area (Å²) < 4.78 is 30.4. The van der Waals surface area contributed by atoms with E-state index in [0.717, 1.165) is 109 Å². The SMILES string of the molecule is CCCCC/C=C\C/C=C\C/C=C\C/C=C\CCCCCCCCCCCC(=O)OC(/C=C\CCCCCCCCCCCC)C(COP(=O)([O-])OCC[N+](C)(C)C)NC(=O)CCCCCCCCCCC/C=C\C/C=C\CCCCC. The zero-order valence-corrected chi connectivity index (χ0v) is 55.3. The molecule has 9 nitrogen and oxygen atoms in total. The van der Waals surface area contributed by atoms with E-state index in [1.165, 1.54) is 167 Å². The molecule has 0 aromatic rings. The molecule has 0 spiro atoms. The van der Waals surface area contributed by atoms with Gasteiger partial charge in [-0.15, -0.1) is 0 Å². The molecule has 0 aromatic heterocycles. The molecule has 3 unspecified atom stereocenters. The highest BCUT2D eigenvalue weighted by molar-refractivity contribution is 7.45. The third kappa shape index (κ3) is 61.7. The lowest BCUT2D eigenvalue weighted by Crippen LogP contribution is -2.47. The van der Waals surface area contributed by atoms with Gasteiger partial charge in [0.15, 0.2) is 0 Å². The van der Waals surface area contributed by atoms with Gasteiger partial charge in [0, 0.05) is 12.8 Å². The number of nitrogens with one attached hydrogen (secondary N) is 1. The molecular weight excluding hydrogens is 1040 g/mol. The average molecular weight is 1170 g/mol. The maximum atomic E-state index is 13.6. The summed E-state index contributed by atoms with van der Waals surface area (Å²) in [7, 11) is 1.18. The van der Waals surface area contributed by atoms with Crippen LogP contribution in [0.2, 0.25) is 0 Å². The molecule has 0 saturated heterocycles. The summed E-state index contributed by atoms with van der Waals surface area (Å²) in [4.78, 5) is 40.1. The molecule has 476 valence electrons. The van der Waals surface area contributed by atoms with E-state index in [9.17, 15) is 19.0 Å². The van der Waals surface area contributed by atoms with Gasteiger partial charge < -0.3 is 28.5 Å². The Morgan fingerprint density at radius 2 is 0.744 bits per heavy atom. The van der Waals surface area contributed by atoms with Crippen LogP contribution in [-0.2, 0) is 27.9 Å². The van der Waals surface area contributed by atoms with Crippen LogP contribution in [0.4, 0.5) is 0 Å². The van der Waals surface area contributed by atoms with E-state index in [1.54, 1.807) is 0 Å². The summed E-state index contributed by atoms with van der Waals surface area (Å²) >= 11 is 0. The van der Waals surface area contributed by atoms with Crippen molar-refractivity contribution in [2.45, 2.75) is 322 Å². The van der Waals surface area contributed by atoms with Crippen molar-refractivity contribution in [3.05, 3.63) is 85.1 Å². The van der Waals surface area contributed by atoms with Crippen molar-refractivity contribution >= 4 is 19.7 Å². The van der Waals surface area contributed by atoms with Crippen molar-refractivity contribution in [2.24, 2.45) is 0 Å². The number of allylic oxidation sites excluding steroid dienone is 13. The number of hydrogen-bond acceptors (Lipinski definition) is 7. The molecule has 1 amide bonds. The van der Waals surface area contributed by atoms with Gasteiger partial charge in [-0.05, 0) is 109 Å². The van der Waals surface area contributed by atoms with Crippen LogP contribution in [-0.4, -0.2) is 69.4 Å². The van der Waals surface area contributed by atoms with Crippen LogP contribution in [0, 0.1) is 0 Å². The topological polar surface area (TPSA) is 114 Å². The first-order valence-electron chi connectivity index (χ1n) is 34.4. The summed E-state index contributed by atoms with van der Waals surface area (Å²) in [6, 6.07) is -0.897. The summed E-state index contributed by atoms with van der Waals surface area (Å²) in [5, 5.41) is 3.04. The van der Waals surface area contributed by atoms with Crippen LogP contribution >= 0.6 is 7.82 Å². The van der Waals surface area contributed by atoms with Crippen LogP contribution in [0.3, 0.4) is 0 Å². The van der Waals surface area contributed by atoms with Crippen molar-refractivity contribution < 1.29 is 37.3 Å². The van der Waals surface area contributed by atoms with Gasteiger partial charge in [0.25, 0.3) is 7.82 Å². The average Bonchev–Trinajstić information content (AvgIpc) is 3.44. The monoisotopic (exact) mass is 1170 g/mol. The minimum absolute atomic E-state index is 0.0268. The van der Waals surface area contributed by atoms with Gasteiger partial charge in [-0.25, -0.2) is 0 Å². The predicted molar refractivity (Wildman–Crippen MR) is 353 cm³/mol. The smallest absolute Gasteiger partial charge is 0.306 e. The van der Waals surface area contributed by atoms with E-state index >= 15 is 0 Å². The number of phosphoric acid groups is 1. The molecule has 0 fully saturated rings. The number of esters is 1. The maximum Gasteiger partial charge on any atom is 0.306 e. The molecule has 0 rings (SSSR count). The Hall–Kier alpha value is -2.81. The number of amides is 1. The third-order valence-corrected chi connectivity index (χ3v) is 16.0. The van der Waals surface area contributed by atoms with Gasteiger partial charge in [-0.2, -0.15) is 0 Å². The predicted octanol–water partition coefficient (Wildman–Crippen LogP) is 21.1. The zero-order chi connectivity index (χ0) is 60.0. The Kier molecular flexibility index (Phi) is 59.2. The third-order valence-electron chi connectivity index (χ3n) is 15.0. The highest BCUT2D eigenvalue weighted by Crippen LogP contribution is 2.38. The first kappa shape index (κ1) is 79.2. The summed E-state index contributed by atoms with van der Waals surface area (Å²) in [6.45, 7) is 6.80. The first-order valence-corrected chi connectivity index (χ1v) is 35.9. The number of carbonyl (C=O) groups is 2. The number of unbranched alkanes of at least 4 members (excludes halogenated alkanes) is 34. The first-order chi connectivity index (χ1) is 39.9. The highest BCUT2D eigenvalue weighted by Gasteiger charge is 2.27. The van der Waals surface area contributed by atoms with E-state index in [4.69, 9.17) is 13.8 Å². The fourth-order valence-electron chi connectivity index (χ4n) is 9.71. The number of likely N-dealkylation sites (N-methyl/N-ethyl adjacent to an activating group) is 1. The van der Waals surface area contributed by atoms with Gasteiger partial charge in [0.05, 0.1) is 33.8 Å². The molecule has 0 aliphatic rings. The van der Waals surface area contributed by atoms with Crippen LogP contribution in [0.15, 0.2) is 85.1 Å². The van der Waals surface area contributed by atoms with E-state index in [1.807, 2.05) is 33.3 Å². The number of carbonyl (C=O) groups excluding carboxylic acids is 2. The van der Waals surface area contributed by atoms with E-state index in [2.05, 4.69) is 99.0 Å². The van der Waals surface area contributed by atoms with Gasteiger partial charge in [-0.3, -0.25) is 14.2 Å². The van der Waals surface area contributed by atoms with Gasteiger partial charge in [-0.1, -0.05) is 273 Å². The second-order valence-corrected chi connectivity index (χ2v) is 25.7. The Labute approximate surface area is 507 Å². The van der Waals surface area contributed by atoms with Crippen molar-refractivity contribution in [3.8, 4) is 0 Å². The molecule has 1 N–H and O–H groups in total. The number of hydrogen-bond donors (Lipinski definition) is 1. The lowest BCUT2D eigenvalue weighted by Gasteiger charge is -2.30. The number of quaternary nitrogens is 1. The number of ether oxygens (including phenoxy) is 1. The van der Waals surface area contributed by atoms with Crippen molar-refractivity contribution in [1.82, 2.24) is 5.32 Å². The molecule has 0 heterocycles. The van der Waals surface area contributed by atoms with E-state index < -0.39 is 26.6 Å². The molecular formula is C72H131N2O7P. The van der Waals surface area contributed by atoms with Crippen LogP contribution < -0.4 is 10.2 Å². The molecule has 0 radical (unpaired) electrons. The largest absolute Gasteiger partial charge is 0.756 e. The molecule has 0 saturated carbocycles. The second kappa shape index (κ2) is 61.3. The highest BCUT2D eigenvalue weighted by atomic mass is 31.2. The Morgan fingerprint density at radius 1 is 0.427 bits per heavy atom. The van der Waals surface area contributed by atoms with Crippen molar-refractivity contribution in [1.29, 1.82) is 0 Å². The molecule has 82 heavy (non-hydrogen) atoms. The van der Waals surface area contributed by atoms with Gasteiger partial charge in [0.2, 0.25) is 5.91 Å². The minimum atomic E-state index is -4.71. The lowest BCUT2D eigenvalue weighted by atomic mass is 10.0. The van der Waals surface area contributed by atoms with Crippen molar-refractivity contribution in [2.75, 3.05) is 40.9 Å². The number of phosphoric ester groups is 1. The van der Waals surface area contributed by atoms with Crippen LogP contribution in [0.25, 0.3) is 0 Å². The van der Waals surface area contributed by atoms with Crippen LogP contribution in [0.1, 0.15) is 310 Å². The molecule has 0 aromatic carbocycles. The fourth-order valence-corrected chi connectivity index (χ4v) is 10.4. The Morgan fingerprint density at radius 3 is 1.13 bits per heavy atom. The molecule has 0 bridgehead atoms. The molecule has 10 heteroatoms. The molecule has 0 aliphatic carbocycles. The minimum Gasteiger partial charge on any atom is -0.756 e. The van der Waals surface area contributed by atoms with Crippen molar-refractivity contribution in [3.63, 3.8) is 0 Å². The second-order valence-electron chi connectivity index (χ2n) is 24.3. The maximum absolute atomic E-state index is 13.6. The van der Waals surface area contributed by atoms with E-state index in [-0.39, 0.29) is 24.9 Å². The Bertz CT molecular complexity index is 1680. The van der Waals surface area contributed by atoms with Crippen LogP contribution in [0.5, 0.6) is 0 Å². The fraction of sp³-hybridized carbons (Fsp3) is 0.778. The normalized spacial score (nSPS) is 14.1. The summed E-state index contributed by atoms with van der Waals surface area (Å²) in [6.07, 6.45) is 81.2. The summed E-state index contributed by atoms with van der Waals surface area (Å²) in [5.74, 6) is -0.548. The molecule has 0 aliphatic heterocycles. The van der Waals surface area contributed by atoms with Gasteiger partial charge in [0.1, 0.15) is 19.3 Å². The quantitative estimate of drug-likeness (QED) is 0.0212. The molecule has 3 atom stereocenters. The lowest BCUT2D eigenvalue weighted by molar-refractivity contribution is -0.870. The van der Waals surface area contributed by atoms with E-state index in [0.29, 0.717) is 17.4 Å².